The van der Waals surface area contributed by atoms with Gasteiger partial charge in [-0.3, -0.25) is 10.3 Å². The van der Waals surface area contributed by atoms with Crippen LogP contribution in [-0.2, 0) is 4.74 Å². The van der Waals surface area contributed by atoms with Crippen LogP contribution in [0.4, 0.5) is 25.5 Å². The van der Waals surface area contributed by atoms with Gasteiger partial charge in [0, 0.05) is 35.5 Å². The van der Waals surface area contributed by atoms with Gasteiger partial charge in [0.05, 0.1) is 17.0 Å². The summed E-state index contributed by atoms with van der Waals surface area (Å²) < 4.78 is 19.3. The summed E-state index contributed by atoms with van der Waals surface area (Å²) in [6.45, 7) is 13.6. The van der Waals surface area contributed by atoms with Crippen LogP contribution >= 0.6 is 0 Å². The van der Waals surface area contributed by atoms with Gasteiger partial charge in [-0.25, -0.2) is 19.0 Å². The van der Waals surface area contributed by atoms with E-state index in [1.54, 1.807) is 31.3 Å². The van der Waals surface area contributed by atoms with Gasteiger partial charge in [0.25, 0.3) is 0 Å². The highest BCUT2D eigenvalue weighted by molar-refractivity contribution is 5.92. The number of nitrogens with zero attached hydrogens (tertiary/aromatic N) is 2. The van der Waals surface area contributed by atoms with Crippen molar-refractivity contribution >= 4 is 34.5 Å². The first-order valence-corrected chi connectivity index (χ1v) is 11.2. The van der Waals surface area contributed by atoms with Gasteiger partial charge in [-0.15, -0.1) is 0 Å². The maximum atomic E-state index is 14.4. The first-order valence-electron chi connectivity index (χ1n) is 11.2. The van der Waals surface area contributed by atoms with Crippen molar-refractivity contribution in [3.05, 3.63) is 60.4 Å². The lowest BCUT2D eigenvalue weighted by Gasteiger charge is -2.18. The van der Waals surface area contributed by atoms with E-state index < -0.39 is 17.9 Å². The Morgan fingerprint density at radius 2 is 1.89 bits per heavy atom. The number of halogens is 1. The van der Waals surface area contributed by atoms with E-state index in [0.29, 0.717) is 23.3 Å². The Balaban J connectivity index is 1.81. The minimum atomic E-state index is -0.688. The molecule has 3 amide bonds. The molecule has 1 aromatic carbocycles. The van der Waals surface area contributed by atoms with E-state index in [4.69, 9.17) is 4.74 Å². The van der Waals surface area contributed by atoms with Crippen molar-refractivity contribution in [3.8, 4) is 11.1 Å². The number of carbonyl (C=O) groups is 2. The van der Waals surface area contributed by atoms with Gasteiger partial charge in [0.15, 0.2) is 0 Å². The second-order valence-corrected chi connectivity index (χ2v) is 9.49. The molecule has 2 heterocycles. The van der Waals surface area contributed by atoms with Crippen molar-refractivity contribution in [1.29, 1.82) is 0 Å². The summed E-state index contributed by atoms with van der Waals surface area (Å²) in [6, 6.07) is 7.55. The van der Waals surface area contributed by atoms with E-state index in [1.165, 1.54) is 6.07 Å². The fraction of sp³-hybridized carbons (Fsp3) is 0.308. The highest BCUT2D eigenvalue weighted by Crippen LogP contribution is 2.30. The van der Waals surface area contributed by atoms with Crippen LogP contribution in [0.5, 0.6) is 0 Å². The van der Waals surface area contributed by atoms with E-state index in [9.17, 15) is 14.0 Å². The van der Waals surface area contributed by atoms with Crippen molar-refractivity contribution in [3.63, 3.8) is 0 Å². The van der Waals surface area contributed by atoms with Crippen LogP contribution in [0.2, 0.25) is 0 Å². The number of pyridine rings is 2. The predicted octanol–water partition coefficient (Wildman–Crippen LogP) is 6.38. The monoisotopic (exact) mass is 479 g/mol. The molecule has 0 fully saturated rings. The van der Waals surface area contributed by atoms with Crippen LogP contribution in [0.15, 0.2) is 48.9 Å². The molecule has 0 saturated heterocycles. The van der Waals surface area contributed by atoms with Crippen molar-refractivity contribution in [2.75, 3.05) is 17.2 Å². The number of nitrogens with one attached hydrogen (secondary N) is 3. The van der Waals surface area contributed by atoms with Crippen LogP contribution in [0.25, 0.3) is 22.0 Å². The smallest absolute Gasteiger partial charge is 0.416 e. The van der Waals surface area contributed by atoms with Gasteiger partial charge in [-0.2, -0.15) is 0 Å². The second kappa shape index (κ2) is 10.5. The fourth-order valence-electron chi connectivity index (χ4n) is 3.32. The van der Waals surface area contributed by atoms with Crippen molar-refractivity contribution in [1.82, 2.24) is 15.3 Å². The summed E-state index contributed by atoms with van der Waals surface area (Å²) in [4.78, 5) is 32.9. The van der Waals surface area contributed by atoms with Crippen molar-refractivity contribution in [2.45, 2.75) is 41.0 Å². The number of aryl methyl sites for hydroxylation is 1. The Labute approximate surface area is 204 Å². The molecule has 184 valence electrons. The normalized spacial score (nSPS) is 11.1. The number of hydrogen-bond acceptors (Lipinski definition) is 5. The number of hydrogen-bond donors (Lipinski definition) is 3. The SMILES string of the molecule is C=C(C)OC(=O)Nc1cc2nc(C)c(-c3ccc(F)c(NC(=O)NCCC(C)(C)C)c3)cc2cn1. The van der Waals surface area contributed by atoms with Crippen molar-refractivity contribution in [2.24, 2.45) is 5.41 Å². The number of rotatable bonds is 6. The predicted molar refractivity (Wildman–Crippen MR) is 136 cm³/mol. The number of amides is 3. The minimum Gasteiger partial charge on any atom is -0.416 e. The van der Waals surface area contributed by atoms with E-state index >= 15 is 0 Å². The lowest BCUT2D eigenvalue weighted by Crippen LogP contribution is -2.31. The van der Waals surface area contributed by atoms with E-state index in [0.717, 1.165) is 17.4 Å². The zero-order valence-electron chi connectivity index (χ0n) is 20.6. The number of urea groups is 1. The molecule has 8 nitrogen and oxygen atoms in total. The molecule has 2 aromatic heterocycles. The number of ether oxygens (including phenoxy) is 1. The number of carbonyl (C=O) groups excluding carboxylic acids is 2. The number of fused-ring (bicyclic) bond motifs is 1. The topological polar surface area (TPSA) is 105 Å². The molecule has 0 aliphatic rings. The van der Waals surface area contributed by atoms with Gasteiger partial charge >= 0.3 is 12.1 Å². The zero-order chi connectivity index (χ0) is 25.8. The molecule has 0 atom stereocenters. The van der Waals surface area contributed by atoms with Crippen molar-refractivity contribution < 1.29 is 18.7 Å². The minimum absolute atomic E-state index is 0.0731. The Hall–Kier alpha value is -4.01. The lowest BCUT2D eigenvalue weighted by molar-refractivity contribution is 0.192. The molecule has 9 heteroatoms. The molecule has 3 rings (SSSR count). The average molecular weight is 480 g/mol. The van der Waals surface area contributed by atoms with Crippen LogP contribution in [0.3, 0.4) is 0 Å². The van der Waals surface area contributed by atoms with Crippen LogP contribution in [0, 0.1) is 18.2 Å². The van der Waals surface area contributed by atoms with Gasteiger partial charge in [0.1, 0.15) is 11.6 Å². The van der Waals surface area contributed by atoms with Crippen LogP contribution in [-0.4, -0.2) is 28.6 Å². The number of allylic oxidation sites excluding steroid dienone is 1. The molecule has 0 aliphatic carbocycles. The second-order valence-electron chi connectivity index (χ2n) is 9.49. The fourth-order valence-corrected chi connectivity index (χ4v) is 3.32. The third kappa shape index (κ3) is 7.23. The Bertz CT molecular complexity index is 1280. The van der Waals surface area contributed by atoms with Crippen LogP contribution < -0.4 is 16.0 Å². The van der Waals surface area contributed by atoms with Gasteiger partial charge in [-0.1, -0.05) is 33.4 Å². The maximum absolute atomic E-state index is 14.4. The molecule has 0 aliphatic heterocycles. The van der Waals surface area contributed by atoms with Gasteiger partial charge in [0.2, 0.25) is 0 Å². The number of anilines is 2. The summed E-state index contributed by atoms with van der Waals surface area (Å²) in [6.07, 6.45) is 1.68. The van der Waals surface area contributed by atoms with E-state index in [2.05, 4.69) is 53.3 Å². The first-order chi connectivity index (χ1) is 16.4. The molecule has 0 spiro atoms. The Morgan fingerprint density at radius 3 is 2.57 bits per heavy atom. The van der Waals surface area contributed by atoms with E-state index in [1.807, 2.05) is 13.0 Å². The standard InChI is InChI=1S/C26H30FN5O3/c1-15(2)35-25(34)32-23-13-21-18(14-29-23)11-19(16(3)30-21)17-7-8-20(27)22(12-17)31-24(33)28-10-9-26(4,5)6/h7-8,11-14H,1,9-10H2,2-6H3,(H2,28,31,33)(H,29,32,34). The van der Waals surface area contributed by atoms with Gasteiger partial charge in [-0.05, 0) is 49.4 Å². The zero-order valence-corrected chi connectivity index (χ0v) is 20.6. The quantitative estimate of drug-likeness (QED) is 0.356. The molecule has 0 bridgehead atoms. The molecule has 3 N–H and O–H groups in total. The van der Waals surface area contributed by atoms with Crippen LogP contribution in [0.1, 0.15) is 39.8 Å². The first kappa shape index (κ1) is 25.6. The molecule has 3 aromatic rings. The molecule has 35 heavy (non-hydrogen) atoms. The molecular weight excluding hydrogens is 449 g/mol. The summed E-state index contributed by atoms with van der Waals surface area (Å²) in [7, 11) is 0. The molecule has 0 unspecified atom stereocenters. The largest absolute Gasteiger partial charge is 0.417 e. The third-order valence-electron chi connectivity index (χ3n) is 5.07. The molecule has 0 saturated carbocycles. The molecule has 0 radical (unpaired) electrons. The Kier molecular flexibility index (Phi) is 7.68. The highest BCUT2D eigenvalue weighted by atomic mass is 19.1. The maximum Gasteiger partial charge on any atom is 0.417 e. The number of aromatic nitrogens is 2. The summed E-state index contributed by atoms with van der Waals surface area (Å²) in [5.74, 6) is 0.0109. The summed E-state index contributed by atoms with van der Waals surface area (Å²) in [5.41, 5.74) is 2.91. The lowest BCUT2D eigenvalue weighted by atomic mass is 9.92. The third-order valence-corrected chi connectivity index (χ3v) is 5.07. The highest BCUT2D eigenvalue weighted by Gasteiger charge is 2.14. The average Bonchev–Trinajstić information content (AvgIpc) is 2.73. The van der Waals surface area contributed by atoms with Gasteiger partial charge < -0.3 is 15.4 Å². The molecular formula is C26H30FN5O3. The Morgan fingerprint density at radius 1 is 1.14 bits per heavy atom. The van der Waals surface area contributed by atoms with E-state index in [-0.39, 0.29) is 22.7 Å². The summed E-state index contributed by atoms with van der Waals surface area (Å²) >= 11 is 0. The summed E-state index contributed by atoms with van der Waals surface area (Å²) in [5, 5.41) is 8.59. The number of benzene rings is 1.